The molecule has 6 heteroatoms. The Balaban J connectivity index is 3.70. The van der Waals surface area contributed by atoms with Gasteiger partial charge in [-0.05, 0) is 0 Å². The molecule has 0 bridgehead atoms. The lowest BCUT2D eigenvalue weighted by Gasteiger charge is -2.13. The number of amidine groups is 1. The Hall–Kier alpha value is -1.30. The van der Waals surface area contributed by atoms with Crippen LogP contribution in [-0.2, 0) is 4.79 Å². The van der Waals surface area contributed by atoms with Crippen molar-refractivity contribution in [1.82, 2.24) is 10.2 Å². The lowest BCUT2D eigenvalue weighted by atomic mass is 10.1. The molecule has 0 saturated carbocycles. The van der Waals surface area contributed by atoms with Gasteiger partial charge in [-0.25, -0.2) is 0 Å². The molecular weight excluding hydrogens is 184 g/mol. The fraction of sp³-hybridized carbons (Fsp3) is 0.750. The van der Waals surface area contributed by atoms with Gasteiger partial charge in [0.15, 0.2) is 0 Å². The molecule has 0 aromatic heterocycles. The Morgan fingerprint density at radius 1 is 1.64 bits per heavy atom. The standard InChI is InChI=1S/C8H18N4O2/c1-6(8(9)11-14)4-10-5-7(13)12(2)3/h6,10,14H,4-5H2,1-3H3,(H2,9,11). The summed E-state index contributed by atoms with van der Waals surface area (Å²) in [6.07, 6.45) is 0. The van der Waals surface area contributed by atoms with E-state index in [0.717, 1.165) is 0 Å². The Bertz CT molecular complexity index is 215. The van der Waals surface area contributed by atoms with Crippen molar-refractivity contribution < 1.29 is 10.0 Å². The molecular formula is C8H18N4O2. The Morgan fingerprint density at radius 2 is 2.21 bits per heavy atom. The molecule has 82 valence electrons. The first-order valence-corrected chi connectivity index (χ1v) is 4.37. The van der Waals surface area contributed by atoms with Crippen molar-refractivity contribution in [1.29, 1.82) is 0 Å². The molecule has 1 amide bonds. The number of hydrogen-bond donors (Lipinski definition) is 3. The van der Waals surface area contributed by atoms with Crippen LogP contribution in [0.15, 0.2) is 5.16 Å². The maximum atomic E-state index is 11.1. The molecule has 0 saturated heterocycles. The summed E-state index contributed by atoms with van der Waals surface area (Å²) >= 11 is 0. The second-order valence-electron chi connectivity index (χ2n) is 3.34. The molecule has 1 unspecified atom stereocenters. The second-order valence-corrected chi connectivity index (χ2v) is 3.34. The van der Waals surface area contributed by atoms with Gasteiger partial charge in [0.05, 0.1) is 6.54 Å². The van der Waals surface area contributed by atoms with Crippen molar-refractivity contribution in [2.45, 2.75) is 6.92 Å². The molecule has 14 heavy (non-hydrogen) atoms. The quantitative estimate of drug-likeness (QED) is 0.232. The van der Waals surface area contributed by atoms with E-state index in [4.69, 9.17) is 10.9 Å². The van der Waals surface area contributed by atoms with Gasteiger partial charge in [0.1, 0.15) is 5.84 Å². The van der Waals surface area contributed by atoms with E-state index in [2.05, 4.69) is 10.5 Å². The van der Waals surface area contributed by atoms with Crippen LogP contribution < -0.4 is 11.1 Å². The first-order valence-electron chi connectivity index (χ1n) is 4.37. The average molecular weight is 202 g/mol. The molecule has 0 aliphatic carbocycles. The van der Waals surface area contributed by atoms with Crippen LogP contribution in [0.25, 0.3) is 0 Å². The van der Waals surface area contributed by atoms with E-state index >= 15 is 0 Å². The zero-order valence-corrected chi connectivity index (χ0v) is 8.82. The van der Waals surface area contributed by atoms with Gasteiger partial charge in [0.2, 0.25) is 5.91 Å². The molecule has 0 fully saturated rings. The van der Waals surface area contributed by atoms with Gasteiger partial charge in [-0.1, -0.05) is 12.1 Å². The van der Waals surface area contributed by atoms with Crippen LogP contribution in [0.3, 0.4) is 0 Å². The molecule has 0 rings (SSSR count). The highest BCUT2D eigenvalue weighted by atomic mass is 16.4. The van der Waals surface area contributed by atoms with Gasteiger partial charge in [0, 0.05) is 26.6 Å². The smallest absolute Gasteiger partial charge is 0.236 e. The van der Waals surface area contributed by atoms with Gasteiger partial charge in [-0.15, -0.1) is 0 Å². The van der Waals surface area contributed by atoms with Crippen molar-refractivity contribution in [2.75, 3.05) is 27.2 Å². The predicted octanol–water partition coefficient (Wildman–Crippen LogP) is -0.953. The summed E-state index contributed by atoms with van der Waals surface area (Å²) in [7, 11) is 3.38. The van der Waals surface area contributed by atoms with Gasteiger partial charge < -0.3 is 21.2 Å². The molecule has 6 nitrogen and oxygen atoms in total. The number of likely N-dealkylation sites (N-methyl/N-ethyl adjacent to an activating group) is 1. The first kappa shape index (κ1) is 12.7. The van der Waals surface area contributed by atoms with Crippen LogP contribution in [0.2, 0.25) is 0 Å². The molecule has 1 atom stereocenters. The minimum Gasteiger partial charge on any atom is -0.409 e. The van der Waals surface area contributed by atoms with Crippen molar-refractivity contribution in [3.63, 3.8) is 0 Å². The number of nitrogens with zero attached hydrogens (tertiary/aromatic N) is 2. The SMILES string of the molecule is CC(CNCC(=O)N(C)C)C(N)=NO. The minimum atomic E-state index is -0.0880. The minimum absolute atomic E-state index is 0.00305. The monoisotopic (exact) mass is 202 g/mol. The van der Waals surface area contributed by atoms with Crippen LogP contribution in [0.1, 0.15) is 6.92 Å². The van der Waals surface area contributed by atoms with E-state index in [1.165, 1.54) is 4.90 Å². The third-order valence-electron chi connectivity index (χ3n) is 1.85. The Labute approximate surface area is 83.7 Å². The number of nitrogens with two attached hydrogens (primary N) is 1. The van der Waals surface area contributed by atoms with Crippen molar-refractivity contribution in [3.05, 3.63) is 0 Å². The number of nitrogens with one attached hydrogen (secondary N) is 1. The molecule has 0 spiro atoms. The maximum Gasteiger partial charge on any atom is 0.236 e. The molecule has 0 aliphatic rings. The van der Waals surface area contributed by atoms with Crippen molar-refractivity contribution in [3.8, 4) is 0 Å². The maximum absolute atomic E-state index is 11.1. The van der Waals surface area contributed by atoms with E-state index in [-0.39, 0.29) is 24.2 Å². The van der Waals surface area contributed by atoms with Crippen LogP contribution >= 0.6 is 0 Å². The topological polar surface area (TPSA) is 91.0 Å². The summed E-state index contributed by atoms with van der Waals surface area (Å²) in [4.78, 5) is 12.6. The van der Waals surface area contributed by atoms with E-state index in [1.807, 2.05) is 6.92 Å². The molecule has 4 N–H and O–H groups in total. The number of carbonyl (C=O) groups excluding carboxylic acids is 1. The average Bonchev–Trinajstić information content (AvgIpc) is 2.15. The summed E-state index contributed by atoms with van der Waals surface area (Å²) < 4.78 is 0. The number of amides is 1. The van der Waals surface area contributed by atoms with E-state index < -0.39 is 0 Å². The molecule has 0 aliphatic heterocycles. The van der Waals surface area contributed by atoms with E-state index in [0.29, 0.717) is 6.54 Å². The molecule has 0 heterocycles. The van der Waals surface area contributed by atoms with E-state index in [1.54, 1.807) is 14.1 Å². The zero-order valence-electron chi connectivity index (χ0n) is 8.82. The van der Waals surface area contributed by atoms with Gasteiger partial charge >= 0.3 is 0 Å². The molecule has 0 aromatic carbocycles. The summed E-state index contributed by atoms with van der Waals surface area (Å²) in [5.41, 5.74) is 5.36. The number of oxime groups is 1. The Morgan fingerprint density at radius 3 is 2.64 bits per heavy atom. The lowest BCUT2D eigenvalue weighted by molar-refractivity contribution is -0.127. The summed E-state index contributed by atoms with van der Waals surface area (Å²) in [6, 6.07) is 0. The van der Waals surface area contributed by atoms with Crippen LogP contribution in [0.5, 0.6) is 0 Å². The largest absolute Gasteiger partial charge is 0.409 e. The van der Waals surface area contributed by atoms with Crippen LogP contribution in [0, 0.1) is 5.92 Å². The van der Waals surface area contributed by atoms with Gasteiger partial charge in [0.25, 0.3) is 0 Å². The summed E-state index contributed by atoms with van der Waals surface area (Å²) in [5.74, 6) is 0.0708. The fourth-order valence-electron chi connectivity index (χ4n) is 0.757. The number of rotatable bonds is 5. The summed E-state index contributed by atoms with van der Waals surface area (Å²) in [6.45, 7) is 2.58. The normalized spacial score (nSPS) is 13.8. The fourth-order valence-corrected chi connectivity index (χ4v) is 0.757. The highest BCUT2D eigenvalue weighted by Crippen LogP contribution is 1.91. The van der Waals surface area contributed by atoms with Crippen LogP contribution in [0.4, 0.5) is 0 Å². The third-order valence-corrected chi connectivity index (χ3v) is 1.85. The highest BCUT2D eigenvalue weighted by Gasteiger charge is 2.08. The predicted molar refractivity (Wildman–Crippen MR) is 54.1 cm³/mol. The highest BCUT2D eigenvalue weighted by molar-refractivity contribution is 5.82. The molecule has 0 aromatic rings. The van der Waals surface area contributed by atoms with Crippen molar-refractivity contribution in [2.24, 2.45) is 16.8 Å². The Kier molecular flexibility index (Phi) is 5.62. The van der Waals surface area contributed by atoms with Crippen LogP contribution in [-0.4, -0.2) is 49.0 Å². The zero-order chi connectivity index (χ0) is 11.1. The van der Waals surface area contributed by atoms with Crippen molar-refractivity contribution >= 4 is 11.7 Å². The van der Waals surface area contributed by atoms with E-state index in [9.17, 15) is 4.79 Å². The third kappa shape index (κ3) is 4.66. The number of hydrogen-bond acceptors (Lipinski definition) is 4. The number of carbonyl (C=O) groups is 1. The first-order chi connectivity index (χ1) is 6.49. The van der Waals surface area contributed by atoms with Gasteiger partial charge in [-0.3, -0.25) is 4.79 Å². The van der Waals surface area contributed by atoms with Gasteiger partial charge in [-0.2, -0.15) is 0 Å². The second kappa shape index (κ2) is 6.20. The summed E-state index contributed by atoms with van der Waals surface area (Å²) in [5, 5.41) is 14.2. The molecule has 0 radical (unpaired) electrons. The lowest BCUT2D eigenvalue weighted by Crippen LogP contribution is -2.37.